The number of amides is 2. The molecular formula is C12H24ClN3O3. The van der Waals surface area contributed by atoms with Crippen LogP contribution in [0.25, 0.3) is 0 Å². The van der Waals surface area contributed by atoms with Crippen LogP contribution in [0.4, 0.5) is 0 Å². The molecule has 0 aromatic heterocycles. The highest BCUT2D eigenvalue weighted by molar-refractivity contribution is 5.86. The summed E-state index contributed by atoms with van der Waals surface area (Å²) in [5.74, 6) is -0.379. The van der Waals surface area contributed by atoms with Gasteiger partial charge in [0.25, 0.3) is 5.91 Å². The second kappa shape index (κ2) is 8.35. The average molecular weight is 294 g/mol. The van der Waals surface area contributed by atoms with E-state index in [0.29, 0.717) is 19.5 Å². The molecule has 0 unspecified atom stereocenters. The summed E-state index contributed by atoms with van der Waals surface area (Å²) in [5, 5.41) is 0. The van der Waals surface area contributed by atoms with Gasteiger partial charge in [-0.1, -0.05) is 13.8 Å². The van der Waals surface area contributed by atoms with Crippen molar-refractivity contribution < 1.29 is 14.3 Å². The Bertz CT molecular complexity index is 313. The summed E-state index contributed by atoms with van der Waals surface area (Å²) < 4.78 is 5.55. The highest BCUT2D eigenvalue weighted by atomic mass is 35.5. The van der Waals surface area contributed by atoms with Crippen LogP contribution in [0.1, 0.15) is 26.7 Å². The SMILES string of the molecule is CC(C)CN(CC(N)=O)C(=O)[C@@H]1CC[C@H](CN)O1.Cl. The van der Waals surface area contributed by atoms with Crippen LogP contribution in [0.15, 0.2) is 0 Å². The Morgan fingerprint density at radius 1 is 1.37 bits per heavy atom. The Balaban J connectivity index is 0.00000324. The molecule has 0 aromatic rings. The van der Waals surface area contributed by atoms with Crippen molar-refractivity contribution >= 4 is 24.2 Å². The molecule has 0 bridgehead atoms. The number of rotatable bonds is 6. The van der Waals surface area contributed by atoms with Gasteiger partial charge in [0, 0.05) is 13.1 Å². The van der Waals surface area contributed by atoms with Crippen LogP contribution in [0.5, 0.6) is 0 Å². The molecule has 1 heterocycles. The lowest BCUT2D eigenvalue weighted by Crippen LogP contribution is -2.45. The quantitative estimate of drug-likeness (QED) is 0.713. The summed E-state index contributed by atoms with van der Waals surface area (Å²) in [6.07, 6.45) is 0.928. The molecule has 0 aromatic carbocycles. The zero-order valence-corrected chi connectivity index (χ0v) is 12.3. The molecule has 0 saturated carbocycles. The highest BCUT2D eigenvalue weighted by Gasteiger charge is 2.33. The predicted octanol–water partition coefficient (Wildman–Crippen LogP) is -0.116. The molecule has 2 amide bonds. The number of nitrogens with two attached hydrogens (primary N) is 2. The summed E-state index contributed by atoms with van der Waals surface area (Å²) in [4.78, 5) is 24.7. The molecular weight excluding hydrogens is 270 g/mol. The van der Waals surface area contributed by atoms with E-state index in [1.807, 2.05) is 13.8 Å². The summed E-state index contributed by atoms with van der Waals surface area (Å²) in [6, 6.07) is 0. The third-order valence-corrected chi connectivity index (χ3v) is 2.89. The number of primary amides is 1. The van der Waals surface area contributed by atoms with Crippen molar-refractivity contribution in [3.8, 4) is 0 Å². The lowest BCUT2D eigenvalue weighted by Gasteiger charge is -2.26. The molecule has 1 fully saturated rings. The molecule has 7 heteroatoms. The minimum atomic E-state index is -0.502. The Morgan fingerprint density at radius 3 is 2.42 bits per heavy atom. The van der Waals surface area contributed by atoms with Gasteiger partial charge < -0.3 is 21.1 Å². The van der Waals surface area contributed by atoms with Crippen LogP contribution >= 0.6 is 12.4 Å². The van der Waals surface area contributed by atoms with Crippen LogP contribution in [0, 0.1) is 5.92 Å². The number of ether oxygens (including phenoxy) is 1. The molecule has 2 atom stereocenters. The fourth-order valence-corrected chi connectivity index (χ4v) is 2.13. The lowest BCUT2D eigenvalue weighted by molar-refractivity contribution is -0.145. The van der Waals surface area contributed by atoms with Gasteiger partial charge in [-0.05, 0) is 18.8 Å². The Labute approximate surface area is 120 Å². The molecule has 1 aliphatic rings. The number of halogens is 1. The molecule has 6 nitrogen and oxygen atoms in total. The van der Waals surface area contributed by atoms with Crippen LogP contribution in [0.2, 0.25) is 0 Å². The van der Waals surface area contributed by atoms with E-state index in [9.17, 15) is 9.59 Å². The fourth-order valence-electron chi connectivity index (χ4n) is 2.13. The summed E-state index contributed by atoms with van der Waals surface area (Å²) in [5.41, 5.74) is 10.7. The Kier molecular flexibility index (Phi) is 7.97. The average Bonchev–Trinajstić information content (AvgIpc) is 2.74. The van der Waals surface area contributed by atoms with E-state index in [-0.39, 0.29) is 36.9 Å². The van der Waals surface area contributed by atoms with Crippen LogP contribution in [-0.4, -0.2) is 48.6 Å². The van der Waals surface area contributed by atoms with Gasteiger partial charge in [-0.3, -0.25) is 9.59 Å². The Hall–Kier alpha value is -0.850. The topological polar surface area (TPSA) is 98.7 Å². The van der Waals surface area contributed by atoms with Crippen LogP contribution < -0.4 is 11.5 Å². The van der Waals surface area contributed by atoms with E-state index in [4.69, 9.17) is 16.2 Å². The first-order valence-electron chi connectivity index (χ1n) is 6.36. The summed E-state index contributed by atoms with van der Waals surface area (Å²) in [6.45, 7) is 4.85. The predicted molar refractivity (Wildman–Crippen MR) is 74.8 cm³/mol. The monoisotopic (exact) mass is 293 g/mol. The van der Waals surface area contributed by atoms with Crippen molar-refractivity contribution in [3.63, 3.8) is 0 Å². The van der Waals surface area contributed by atoms with Crippen molar-refractivity contribution in [2.24, 2.45) is 17.4 Å². The standard InChI is InChI=1S/C12H23N3O3.ClH/c1-8(2)6-15(7-11(14)16)12(17)10-4-3-9(5-13)18-10;/h8-10H,3-7,13H2,1-2H3,(H2,14,16);1H/t9-,10+;/m1./s1. The van der Waals surface area contributed by atoms with Crippen molar-refractivity contribution in [2.45, 2.75) is 38.9 Å². The second-order valence-corrected chi connectivity index (χ2v) is 5.14. The molecule has 19 heavy (non-hydrogen) atoms. The van der Waals surface area contributed by atoms with Gasteiger partial charge in [-0.25, -0.2) is 0 Å². The molecule has 1 rings (SSSR count). The maximum Gasteiger partial charge on any atom is 0.252 e. The maximum atomic E-state index is 12.2. The van der Waals surface area contributed by atoms with Crippen LogP contribution in [0.3, 0.4) is 0 Å². The van der Waals surface area contributed by atoms with Gasteiger partial charge in [0.05, 0.1) is 12.6 Å². The number of hydrogen-bond acceptors (Lipinski definition) is 4. The fraction of sp³-hybridized carbons (Fsp3) is 0.833. The first kappa shape index (κ1) is 18.1. The molecule has 1 aliphatic heterocycles. The maximum absolute atomic E-state index is 12.2. The summed E-state index contributed by atoms with van der Waals surface area (Å²) in [7, 11) is 0. The van der Waals surface area contributed by atoms with Crippen molar-refractivity contribution in [2.75, 3.05) is 19.6 Å². The molecule has 0 aliphatic carbocycles. The number of nitrogens with zero attached hydrogens (tertiary/aromatic N) is 1. The van der Waals surface area contributed by atoms with E-state index >= 15 is 0 Å². The number of hydrogen-bond donors (Lipinski definition) is 2. The minimum absolute atomic E-state index is 0. The van der Waals surface area contributed by atoms with Crippen molar-refractivity contribution in [1.29, 1.82) is 0 Å². The van der Waals surface area contributed by atoms with Gasteiger partial charge in [0.1, 0.15) is 6.10 Å². The van der Waals surface area contributed by atoms with Gasteiger partial charge in [0.2, 0.25) is 5.91 Å². The van der Waals surface area contributed by atoms with Gasteiger partial charge in [-0.15, -0.1) is 12.4 Å². The molecule has 0 radical (unpaired) electrons. The second-order valence-electron chi connectivity index (χ2n) is 5.14. The molecule has 1 saturated heterocycles. The first-order valence-corrected chi connectivity index (χ1v) is 6.36. The smallest absolute Gasteiger partial charge is 0.252 e. The zero-order valence-electron chi connectivity index (χ0n) is 11.5. The van der Waals surface area contributed by atoms with Gasteiger partial charge in [0.15, 0.2) is 0 Å². The van der Waals surface area contributed by atoms with E-state index < -0.39 is 12.0 Å². The van der Waals surface area contributed by atoms with E-state index in [0.717, 1.165) is 6.42 Å². The number of carbonyl (C=O) groups excluding carboxylic acids is 2. The lowest BCUT2D eigenvalue weighted by atomic mass is 10.1. The van der Waals surface area contributed by atoms with Crippen molar-refractivity contribution in [3.05, 3.63) is 0 Å². The third-order valence-electron chi connectivity index (χ3n) is 2.89. The third kappa shape index (κ3) is 5.76. The summed E-state index contributed by atoms with van der Waals surface area (Å²) >= 11 is 0. The Morgan fingerprint density at radius 2 is 2.00 bits per heavy atom. The highest BCUT2D eigenvalue weighted by Crippen LogP contribution is 2.21. The largest absolute Gasteiger partial charge is 0.368 e. The van der Waals surface area contributed by atoms with E-state index in [1.165, 1.54) is 4.90 Å². The molecule has 112 valence electrons. The van der Waals surface area contributed by atoms with E-state index in [1.54, 1.807) is 0 Å². The molecule has 4 N–H and O–H groups in total. The van der Waals surface area contributed by atoms with Crippen LogP contribution in [-0.2, 0) is 14.3 Å². The van der Waals surface area contributed by atoms with Gasteiger partial charge in [-0.2, -0.15) is 0 Å². The van der Waals surface area contributed by atoms with Gasteiger partial charge >= 0.3 is 0 Å². The normalized spacial score (nSPS) is 22.1. The first-order chi connectivity index (χ1) is 8.43. The zero-order chi connectivity index (χ0) is 13.7. The van der Waals surface area contributed by atoms with E-state index in [2.05, 4.69) is 0 Å². The van der Waals surface area contributed by atoms with Crippen molar-refractivity contribution in [1.82, 2.24) is 4.90 Å². The molecule has 0 spiro atoms. The minimum Gasteiger partial charge on any atom is -0.368 e. The number of carbonyl (C=O) groups is 2.